The molecule has 3 amide bonds. The third-order valence-corrected chi connectivity index (χ3v) is 4.54. The zero-order valence-corrected chi connectivity index (χ0v) is 15.4. The van der Waals surface area contributed by atoms with Crippen molar-refractivity contribution in [3.8, 4) is 0 Å². The lowest BCUT2D eigenvalue weighted by Gasteiger charge is -2.34. The number of urea groups is 1. The zero-order chi connectivity index (χ0) is 19.4. The molecule has 1 fully saturated rings. The monoisotopic (exact) mass is 391 g/mol. The number of piperazine rings is 1. The molecule has 9 heteroatoms. The summed E-state index contributed by atoms with van der Waals surface area (Å²) >= 11 is 6.10. The van der Waals surface area contributed by atoms with Gasteiger partial charge in [-0.05, 0) is 30.3 Å². The van der Waals surface area contributed by atoms with Gasteiger partial charge >= 0.3 is 12.0 Å². The van der Waals surface area contributed by atoms with Gasteiger partial charge < -0.3 is 24.3 Å². The van der Waals surface area contributed by atoms with Crippen molar-refractivity contribution in [3.63, 3.8) is 0 Å². The predicted molar refractivity (Wildman–Crippen MR) is 98.0 cm³/mol. The van der Waals surface area contributed by atoms with E-state index in [9.17, 15) is 14.4 Å². The maximum atomic E-state index is 12.5. The minimum atomic E-state index is -0.521. The highest BCUT2D eigenvalue weighted by Crippen LogP contribution is 2.24. The molecule has 3 rings (SSSR count). The molecule has 2 heterocycles. The van der Waals surface area contributed by atoms with Crippen LogP contribution in [0.3, 0.4) is 0 Å². The van der Waals surface area contributed by atoms with Crippen LogP contribution in [0.15, 0.2) is 41.0 Å². The fourth-order valence-electron chi connectivity index (χ4n) is 2.73. The van der Waals surface area contributed by atoms with Gasteiger partial charge in [-0.15, -0.1) is 0 Å². The van der Waals surface area contributed by atoms with Gasteiger partial charge in [0, 0.05) is 26.2 Å². The minimum absolute atomic E-state index is 0.200. The van der Waals surface area contributed by atoms with Crippen molar-refractivity contribution in [1.29, 1.82) is 0 Å². The lowest BCUT2D eigenvalue weighted by molar-refractivity contribution is 0.0600. The van der Waals surface area contributed by atoms with E-state index in [2.05, 4.69) is 10.1 Å². The topological polar surface area (TPSA) is 92.1 Å². The Balaban J connectivity index is 1.60. The number of nitrogens with one attached hydrogen (secondary N) is 1. The molecule has 1 aliphatic rings. The molecule has 8 nitrogen and oxygen atoms in total. The number of amides is 3. The van der Waals surface area contributed by atoms with Gasteiger partial charge in [0.05, 0.1) is 29.6 Å². The van der Waals surface area contributed by atoms with Crippen LogP contribution in [0.25, 0.3) is 0 Å². The molecule has 1 aromatic heterocycles. The molecule has 0 bridgehead atoms. The van der Waals surface area contributed by atoms with Crippen LogP contribution in [0.1, 0.15) is 20.9 Å². The third-order valence-electron chi connectivity index (χ3n) is 4.22. The van der Waals surface area contributed by atoms with E-state index in [0.717, 1.165) is 0 Å². The van der Waals surface area contributed by atoms with Gasteiger partial charge in [0.15, 0.2) is 5.76 Å². The van der Waals surface area contributed by atoms with Crippen LogP contribution >= 0.6 is 11.6 Å². The van der Waals surface area contributed by atoms with E-state index in [1.165, 1.54) is 31.6 Å². The van der Waals surface area contributed by atoms with E-state index in [4.69, 9.17) is 16.0 Å². The molecule has 0 radical (unpaired) electrons. The summed E-state index contributed by atoms with van der Waals surface area (Å²) in [6.45, 7) is 1.52. The Morgan fingerprint density at radius 3 is 2.44 bits per heavy atom. The van der Waals surface area contributed by atoms with Gasteiger partial charge in [-0.25, -0.2) is 9.59 Å². The number of nitrogens with zero attached hydrogens (tertiary/aromatic N) is 2. The van der Waals surface area contributed by atoms with E-state index in [1.807, 2.05) is 0 Å². The van der Waals surface area contributed by atoms with Crippen LogP contribution < -0.4 is 5.32 Å². The number of anilines is 1. The summed E-state index contributed by atoms with van der Waals surface area (Å²) in [5.74, 6) is -0.444. The van der Waals surface area contributed by atoms with Crippen LogP contribution in [0, 0.1) is 0 Å². The number of ether oxygens (including phenoxy) is 1. The Labute approximate surface area is 160 Å². The number of hydrogen-bond donors (Lipinski definition) is 1. The number of furan rings is 1. The number of esters is 1. The highest BCUT2D eigenvalue weighted by Gasteiger charge is 2.26. The van der Waals surface area contributed by atoms with Gasteiger partial charge in [0.1, 0.15) is 0 Å². The lowest BCUT2D eigenvalue weighted by Crippen LogP contribution is -2.51. The first-order chi connectivity index (χ1) is 13.0. The van der Waals surface area contributed by atoms with Crippen LogP contribution in [0.5, 0.6) is 0 Å². The molecular weight excluding hydrogens is 374 g/mol. The fourth-order valence-corrected chi connectivity index (χ4v) is 2.89. The second-order valence-electron chi connectivity index (χ2n) is 5.87. The van der Waals surface area contributed by atoms with Crippen LogP contribution in [-0.4, -0.2) is 61.0 Å². The minimum Gasteiger partial charge on any atom is -0.465 e. The molecule has 0 aliphatic carbocycles. The molecule has 0 saturated carbocycles. The van der Waals surface area contributed by atoms with E-state index < -0.39 is 5.97 Å². The van der Waals surface area contributed by atoms with Crippen molar-refractivity contribution in [3.05, 3.63) is 52.9 Å². The Hall–Kier alpha value is -3.00. The van der Waals surface area contributed by atoms with Gasteiger partial charge in [0.2, 0.25) is 0 Å². The number of carbonyl (C=O) groups excluding carboxylic acids is 3. The van der Waals surface area contributed by atoms with Gasteiger partial charge in [-0.2, -0.15) is 0 Å². The quantitative estimate of drug-likeness (QED) is 0.812. The van der Waals surface area contributed by atoms with Crippen LogP contribution in [0.2, 0.25) is 5.02 Å². The van der Waals surface area contributed by atoms with Crippen molar-refractivity contribution in [2.75, 3.05) is 38.6 Å². The first kappa shape index (κ1) is 18.8. The smallest absolute Gasteiger partial charge is 0.337 e. The average molecular weight is 392 g/mol. The second kappa shape index (κ2) is 8.13. The van der Waals surface area contributed by atoms with Crippen LogP contribution in [0.4, 0.5) is 10.5 Å². The Morgan fingerprint density at radius 2 is 1.81 bits per heavy atom. The maximum Gasteiger partial charge on any atom is 0.337 e. The molecule has 1 aliphatic heterocycles. The summed E-state index contributed by atoms with van der Waals surface area (Å²) in [7, 11) is 1.28. The van der Waals surface area contributed by atoms with E-state index in [0.29, 0.717) is 36.9 Å². The molecule has 2 aromatic rings. The van der Waals surface area contributed by atoms with Crippen molar-refractivity contribution in [2.45, 2.75) is 0 Å². The molecule has 142 valence electrons. The largest absolute Gasteiger partial charge is 0.465 e. The average Bonchev–Trinajstić information content (AvgIpc) is 3.23. The Morgan fingerprint density at radius 1 is 1.11 bits per heavy atom. The van der Waals surface area contributed by atoms with Crippen molar-refractivity contribution < 1.29 is 23.5 Å². The molecule has 1 N–H and O–H groups in total. The summed E-state index contributed by atoms with van der Waals surface area (Å²) in [6.07, 6.45) is 1.45. The van der Waals surface area contributed by atoms with Crippen molar-refractivity contribution in [1.82, 2.24) is 9.80 Å². The SMILES string of the molecule is COC(=O)c1ccc(Cl)c(NC(=O)N2CCN(C(=O)c3ccco3)CC2)c1. The molecule has 0 unspecified atom stereocenters. The first-order valence-corrected chi connectivity index (χ1v) is 8.64. The highest BCUT2D eigenvalue weighted by molar-refractivity contribution is 6.33. The summed E-state index contributed by atoms with van der Waals surface area (Å²) in [5.41, 5.74) is 0.602. The van der Waals surface area contributed by atoms with Crippen LogP contribution in [-0.2, 0) is 4.74 Å². The molecule has 1 aromatic carbocycles. The molecule has 1 saturated heterocycles. The van der Waals surface area contributed by atoms with E-state index >= 15 is 0 Å². The van der Waals surface area contributed by atoms with Gasteiger partial charge in [0.25, 0.3) is 5.91 Å². The normalized spacial score (nSPS) is 14.0. The number of benzene rings is 1. The van der Waals surface area contributed by atoms with E-state index in [-0.39, 0.29) is 23.3 Å². The van der Waals surface area contributed by atoms with Crippen molar-refractivity contribution >= 4 is 35.2 Å². The summed E-state index contributed by atoms with van der Waals surface area (Å²) in [6, 6.07) is 7.40. The van der Waals surface area contributed by atoms with Crippen molar-refractivity contribution in [2.24, 2.45) is 0 Å². The zero-order valence-electron chi connectivity index (χ0n) is 14.6. The number of carbonyl (C=O) groups is 3. The van der Waals surface area contributed by atoms with Gasteiger partial charge in [-0.1, -0.05) is 11.6 Å². The number of rotatable bonds is 3. The molecule has 0 spiro atoms. The maximum absolute atomic E-state index is 12.5. The summed E-state index contributed by atoms with van der Waals surface area (Å²) in [5, 5.41) is 3.00. The third kappa shape index (κ3) is 4.22. The second-order valence-corrected chi connectivity index (χ2v) is 6.28. The standard InChI is InChI=1S/C18H18ClN3O5/c1-26-17(24)12-4-5-13(19)14(11-12)20-18(25)22-8-6-21(7-9-22)16(23)15-3-2-10-27-15/h2-5,10-11H,6-9H2,1H3,(H,20,25). The molecule has 0 atom stereocenters. The lowest BCUT2D eigenvalue weighted by atomic mass is 10.2. The predicted octanol–water partition coefficient (Wildman–Crippen LogP) is 2.71. The summed E-state index contributed by atoms with van der Waals surface area (Å²) < 4.78 is 9.79. The first-order valence-electron chi connectivity index (χ1n) is 8.26. The van der Waals surface area contributed by atoms with E-state index in [1.54, 1.807) is 21.9 Å². The number of methoxy groups -OCH3 is 1. The van der Waals surface area contributed by atoms with Gasteiger partial charge in [-0.3, -0.25) is 4.79 Å². The molecule has 27 heavy (non-hydrogen) atoms. The number of hydrogen-bond acceptors (Lipinski definition) is 5. The Kier molecular flexibility index (Phi) is 5.66. The number of halogens is 1. The highest BCUT2D eigenvalue weighted by atomic mass is 35.5. The Bertz CT molecular complexity index is 845. The fraction of sp³-hybridized carbons (Fsp3) is 0.278. The molecular formula is C18H18ClN3O5. The summed E-state index contributed by atoms with van der Waals surface area (Å²) in [4.78, 5) is 39.6.